The predicted octanol–water partition coefficient (Wildman–Crippen LogP) is 5.59. The largest absolute Gasteiger partial charge is 0.493 e. The topological polar surface area (TPSA) is 69.5 Å². The summed E-state index contributed by atoms with van der Waals surface area (Å²) in [7, 11) is 0. The Morgan fingerprint density at radius 3 is 2.57 bits per heavy atom. The molecule has 1 aliphatic rings. The predicted molar refractivity (Wildman–Crippen MR) is 137 cm³/mol. The lowest BCUT2D eigenvalue weighted by Gasteiger charge is -2.29. The first-order valence-corrected chi connectivity index (χ1v) is 11.7. The minimum absolute atomic E-state index is 0.182. The molecular weight excluding hydrogens is 487 g/mol. The number of hydrogen-bond donors (Lipinski definition) is 0. The van der Waals surface area contributed by atoms with Crippen LogP contribution in [0.2, 0.25) is 5.02 Å². The molecular formula is C26H22ClFN4O2S. The molecule has 0 spiro atoms. The van der Waals surface area contributed by atoms with Crippen LogP contribution < -0.4 is 9.64 Å². The highest BCUT2D eigenvalue weighted by atomic mass is 35.5. The van der Waals surface area contributed by atoms with E-state index in [0.29, 0.717) is 47.2 Å². The van der Waals surface area contributed by atoms with Crippen molar-refractivity contribution >= 4 is 40.5 Å². The second-order valence-electron chi connectivity index (χ2n) is 8.49. The molecule has 1 aliphatic heterocycles. The van der Waals surface area contributed by atoms with Crippen LogP contribution in [-0.4, -0.2) is 39.6 Å². The molecule has 1 fully saturated rings. The molecule has 0 aliphatic carbocycles. The van der Waals surface area contributed by atoms with Crippen molar-refractivity contribution in [3.05, 3.63) is 77.3 Å². The maximum atomic E-state index is 14.6. The van der Waals surface area contributed by atoms with Crippen LogP contribution in [0.25, 0.3) is 11.1 Å². The van der Waals surface area contributed by atoms with Gasteiger partial charge in [0.15, 0.2) is 5.11 Å². The van der Waals surface area contributed by atoms with Crippen LogP contribution >= 0.6 is 23.8 Å². The molecule has 4 rings (SSSR count). The smallest absolute Gasteiger partial charge is 0.258 e. The van der Waals surface area contributed by atoms with Gasteiger partial charge in [-0.05, 0) is 80.5 Å². The number of hydrogen-bond acceptors (Lipinski definition) is 5. The third-order valence-corrected chi connectivity index (χ3v) is 6.60. The Balaban J connectivity index is 1.39. The number of halogens is 2. The van der Waals surface area contributed by atoms with Crippen molar-refractivity contribution in [2.24, 2.45) is 0 Å². The minimum atomic E-state index is -0.865. The maximum Gasteiger partial charge on any atom is 0.258 e. The summed E-state index contributed by atoms with van der Waals surface area (Å²) in [5.41, 5.74) is 1.19. The number of anilines is 1. The van der Waals surface area contributed by atoms with Crippen molar-refractivity contribution in [1.82, 2.24) is 9.88 Å². The van der Waals surface area contributed by atoms with E-state index in [1.807, 2.05) is 11.0 Å². The first kappa shape index (κ1) is 24.6. The zero-order valence-corrected chi connectivity index (χ0v) is 20.7. The molecule has 35 heavy (non-hydrogen) atoms. The van der Waals surface area contributed by atoms with Crippen LogP contribution in [0.3, 0.4) is 0 Å². The summed E-state index contributed by atoms with van der Waals surface area (Å²) in [4.78, 5) is 20.4. The van der Waals surface area contributed by atoms with Crippen molar-refractivity contribution in [2.75, 3.05) is 18.1 Å². The standard InChI is InChI=1S/C26H22ClFN4O2S/c1-26(2)24(33)32(19-5-4-18(16-29)22(27)14-19)25(35)31(26)12-3-13-34-20-6-7-21(23(28)15-20)17-8-10-30-11-9-17/h4-11,14-15H,3,12-13H2,1-2H3. The van der Waals surface area contributed by atoms with Gasteiger partial charge < -0.3 is 9.64 Å². The monoisotopic (exact) mass is 508 g/mol. The molecule has 1 saturated heterocycles. The highest BCUT2D eigenvalue weighted by Gasteiger charge is 2.49. The van der Waals surface area contributed by atoms with Gasteiger partial charge in [-0.2, -0.15) is 5.26 Å². The highest BCUT2D eigenvalue weighted by molar-refractivity contribution is 7.80. The molecule has 0 unspecified atom stereocenters. The summed E-state index contributed by atoms with van der Waals surface area (Å²) in [6.07, 6.45) is 3.79. The van der Waals surface area contributed by atoms with E-state index >= 15 is 0 Å². The second-order valence-corrected chi connectivity index (χ2v) is 9.26. The Morgan fingerprint density at radius 2 is 1.91 bits per heavy atom. The fourth-order valence-corrected chi connectivity index (χ4v) is 4.66. The first-order chi connectivity index (χ1) is 16.7. The van der Waals surface area contributed by atoms with E-state index in [4.69, 9.17) is 33.8 Å². The van der Waals surface area contributed by atoms with Crippen LogP contribution in [0, 0.1) is 17.1 Å². The van der Waals surface area contributed by atoms with Gasteiger partial charge >= 0.3 is 0 Å². The summed E-state index contributed by atoms with van der Waals surface area (Å²) in [6, 6.07) is 15.0. The van der Waals surface area contributed by atoms with Crippen molar-refractivity contribution in [3.63, 3.8) is 0 Å². The molecule has 0 radical (unpaired) electrons. The van der Waals surface area contributed by atoms with Gasteiger partial charge in [0.25, 0.3) is 5.91 Å². The van der Waals surface area contributed by atoms with Gasteiger partial charge in [0.1, 0.15) is 23.2 Å². The number of aromatic nitrogens is 1. The van der Waals surface area contributed by atoms with Crippen LogP contribution in [0.4, 0.5) is 10.1 Å². The third kappa shape index (κ3) is 4.83. The van der Waals surface area contributed by atoms with Gasteiger partial charge in [0, 0.05) is 30.6 Å². The Bertz CT molecular complexity index is 1330. The number of benzene rings is 2. The normalized spacial score (nSPS) is 14.8. The van der Waals surface area contributed by atoms with E-state index in [9.17, 15) is 9.18 Å². The van der Waals surface area contributed by atoms with E-state index in [1.54, 1.807) is 68.7 Å². The molecule has 1 aromatic heterocycles. The molecule has 1 amide bonds. The van der Waals surface area contributed by atoms with Crippen molar-refractivity contribution < 1.29 is 13.9 Å². The van der Waals surface area contributed by atoms with Crippen LogP contribution in [0.15, 0.2) is 60.9 Å². The van der Waals surface area contributed by atoms with Crippen LogP contribution in [-0.2, 0) is 4.79 Å². The Kier molecular flexibility index (Phi) is 7.01. The van der Waals surface area contributed by atoms with Gasteiger partial charge in [-0.3, -0.25) is 14.7 Å². The average molecular weight is 509 g/mol. The summed E-state index contributed by atoms with van der Waals surface area (Å²) in [5, 5.41) is 9.72. The lowest BCUT2D eigenvalue weighted by molar-refractivity contribution is -0.123. The van der Waals surface area contributed by atoms with E-state index in [1.165, 1.54) is 11.0 Å². The van der Waals surface area contributed by atoms with Gasteiger partial charge in [0.05, 0.1) is 22.9 Å². The zero-order valence-electron chi connectivity index (χ0n) is 19.2. The van der Waals surface area contributed by atoms with Crippen molar-refractivity contribution in [3.8, 4) is 22.9 Å². The number of rotatable bonds is 7. The van der Waals surface area contributed by atoms with Crippen LogP contribution in [0.1, 0.15) is 25.8 Å². The molecule has 2 aromatic carbocycles. The lowest BCUT2D eigenvalue weighted by Crippen LogP contribution is -2.44. The summed E-state index contributed by atoms with van der Waals surface area (Å²) in [6.45, 7) is 4.40. The summed E-state index contributed by atoms with van der Waals surface area (Å²) < 4.78 is 20.3. The SMILES string of the molecule is CC1(C)C(=O)N(c2ccc(C#N)c(Cl)c2)C(=S)N1CCCOc1ccc(-c2ccncc2)c(F)c1. The fraction of sp³-hybridized carbons (Fsp3) is 0.231. The number of carbonyl (C=O) groups is 1. The number of thiocarbonyl (C=S) groups is 1. The molecule has 6 nitrogen and oxygen atoms in total. The van der Waals surface area contributed by atoms with Gasteiger partial charge in [-0.1, -0.05) is 11.6 Å². The summed E-state index contributed by atoms with van der Waals surface area (Å²) >= 11 is 11.8. The molecule has 0 atom stereocenters. The van der Waals surface area contributed by atoms with Crippen molar-refractivity contribution in [2.45, 2.75) is 25.8 Å². The van der Waals surface area contributed by atoms with E-state index in [0.717, 1.165) is 5.56 Å². The summed E-state index contributed by atoms with van der Waals surface area (Å²) in [5.74, 6) is -0.135. The van der Waals surface area contributed by atoms with Gasteiger partial charge in [-0.15, -0.1) is 0 Å². The Morgan fingerprint density at radius 1 is 1.17 bits per heavy atom. The molecule has 0 saturated carbocycles. The molecule has 3 aromatic rings. The number of nitrogens with zero attached hydrogens (tertiary/aromatic N) is 4. The quantitative estimate of drug-likeness (QED) is 0.306. The second kappa shape index (κ2) is 9.98. The van der Waals surface area contributed by atoms with E-state index in [2.05, 4.69) is 4.98 Å². The van der Waals surface area contributed by atoms with Crippen LogP contribution in [0.5, 0.6) is 5.75 Å². The van der Waals surface area contributed by atoms with Crippen molar-refractivity contribution in [1.29, 1.82) is 5.26 Å². The molecule has 2 heterocycles. The van der Waals surface area contributed by atoms with Gasteiger partial charge in [-0.25, -0.2) is 4.39 Å². The third-order valence-electron chi connectivity index (χ3n) is 5.88. The molecule has 9 heteroatoms. The van der Waals surface area contributed by atoms with E-state index < -0.39 is 5.54 Å². The highest BCUT2D eigenvalue weighted by Crippen LogP contribution is 2.34. The van der Waals surface area contributed by atoms with Gasteiger partial charge in [0.2, 0.25) is 0 Å². The maximum absolute atomic E-state index is 14.6. The minimum Gasteiger partial charge on any atom is -0.493 e. The van der Waals surface area contributed by atoms with E-state index in [-0.39, 0.29) is 16.7 Å². The molecule has 0 N–H and O–H groups in total. The lowest BCUT2D eigenvalue weighted by atomic mass is 10.0. The number of nitriles is 1. The Hall–Kier alpha value is -3.54. The zero-order chi connectivity index (χ0) is 25.2. The first-order valence-electron chi connectivity index (χ1n) is 10.9. The molecule has 0 bridgehead atoms. The fourth-order valence-electron chi connectivity index (χ4n) is 3.94. The average Bonchev–Trinajstić information content (AvgIpc) is 3.01. The number of ether oxygens (including phenoxy) is 1. The molecule has 178 valence electrons. The number of carbonyl (C=O) groups excluding carboxylic acids is 1. The Labute approximate surface area is 213 Å². The number of pyridine rings is 1. The number of amides is 1.